The van der Waals surface area contributed by atoms with Crippen molar-refractivity contribution in [1.29, 1.82) is 26.3 Å². The van der Waals surface area contributed by atoms with Gasteiger partial charge in [-0.2, -0.15) is 29.0 Å². The molecule has 2 aliphatic rings. The van der Waals surface area contributed by atoms with Crippen LogP contribution >= 0.6 is 0 Å². The van der Waals surface area contributed by atoms with Crippen molar-refractivity contribution in [3.63, 3.8) is 0 Å². The molecule has 0 bridgehead atoms. The zero-order valence-corrected chi connectivity index (χ0v) is 23.8. The van der Waals surface area contributed by atoms with E-state index in [1.165, 1.54) is 12.1 Å². The molecule has 8 nitrogen and oxygen atoms in total. The number of rotatable bonds is 2. The fourth-order valence-electron chi connectivity index (χ4n) is 5.76. The highest BCUT2D eigenvalue weighted by Gasteiger charge is 2.41. The Labute approximate surface area is 266 Å². The standard InChI is InChI=1S/C36H11F3N8/c1-18-5-7-19(8-6-18)30-33(27(16-43)45-2)23-12-22-24(14-41)29(20-9-10-21(13-40)26(11-20)36(37,38)39)34(28(17-44)46-3)31(22)25(15-42)32(23)35(30)47-4/h5-12H,1H3/b33-27-,34-28-. The second kappa shape index (κ2) is 11.4. The Morgan fingerprint density at radius 1 is 0.702 bits per heavy atom. The van der Waals surface area contributed by atoms with Gasteiger partial charge in [-0.15, -0.1) is 0 Å². The number of halogens is 3. The average Bonchev–Trinajstić information content (AvgIpc) is 3.57. The molecule has 2 aliphatic carbocycles. The van der Waals surface area contributed by atoms with Crippen LogP contribution in [0, 0.1) is 83.3 Å². The predicted molar refractivity (Wildman–Crippen MR) is 163 cm³/mol. The molecule has 0 atom stereocenters. The molecule has 0 N–H and O–H groups in total. The van der Waals surface area contributed by atoms with Gasteiger partial charge in [0.1, 0.15) is 6.07 Å². The molecule has 0 aliphatic heterocycles. The van der Waals surface area contributed by atoms with E-state index in [1.807, 2.05) is 25.1 Å². The molecule has 216 valence electrons. The van der Waals surface area contributed by atoms with Gasteiger partial charge in [0.15, 0.2) is 0 Å². The number of allylic oxidation sites excluding steroid dienone is 7. The molecule has 0 amide bonds. The van der Waals surface area contributed by atoms with E-state index in [9.17, 15) is 39.5 Å². The van der Waals surface area contributed by atoms with Crippen LogP contribution in [0.25, 0.3) is 48.1 Å². The minimum absolute atomic E-state index is 0.0163. The first-order valence-electron chi connectivity index (χ1n) is 13.2. The lowest BCUT2D eigenvalue weighted by molar-refractivity contribution is -0.137. The van der Waals surface area contributed by atoms with Gasteiger partial charge < -0.3 is 0 Å². The number of aryl methyl sites for hydroxylation is 1. The minimum atomic E-state index is -4.98. The van der Waals surface area contributed by atoms with E-state index >= 15 is 0 Å². The fraction of sp³-hybridized carbons (Fsp3) is 0.0556. The Kier molecular flexibility index (Phi) is 7.49. The smallest absolute Gasteiger partial charge is 0.237 e. The molecule has 0 aromatic heterocycles. The maximum Gasteiger partial charge on any atom is 0.417 e. The molecule has 11 heteroatoms. The number of hydrogen-bond donors (Lipinski definition) is 0. The van der Waals surface area contributed by atoms with Crippen molar-refractivity contribution < 1.29 is 13.2 Å². The maximum absolute atomic E-state index is 14.0. The monoisotopic (exact) mass is 612 g/mol. The molecule has 0 heterocycles. The summed E-state index contributed by atoms with van der Waals surface area (Å²) in [7, 11) is 0. The molecule has 0 saturated carbocycles. The Bertz CT molecular complexity index is 2440. The van der Waals surface area contributed by atoms with Crippen molar-refractivity contribution in [2.75, 3.05) is 0 Å². The van der Waals surface area contributed by atoms with Crippen LogP contribution < -0.4 is 0 Å². The Hall–Kier alpha value is -7.67. The highest BCUT2D eigenvalue weighted by atomic mass is 19.4. The van der Waals surface area contributed by atoms with Crippen molar-refractivity contribution in [2.45, 2.75) is 13.1 Å². The van der Waals surface area contributed by atoms with Crippen LogP contribution in [0.5, 0.6) is 0 Å². The van der Waals surface area contributed by atoms with Gasteiger partial charge in [-0.3, -0.25) is 0 Å². The second-order valence-electron chi connectivity index (χ2n) is 10.0. The Morgan fingerprint density at radius 2 is 1.32 bits per heavy atom. The third-order valence-corrected chi connectivity index (χ3v) is 7.66. The lowest BCUT2D eigenvalue weighted by Crippen LogP contribution is -2.08. The zero-order valence-electron chi connectivity index (χ0n) is 23.8. The summed E-state index contributed by atoms with van der Waals surface area (Å²) >= 11 is 0. The largest absolute Gasteiger partial charge is 0.417 e. The van der Waals surface area contributed by atoms with Crippen LogP contribution in [0.1, 0.15) is 55.6 Å². The zero-order chi connectivity index (χ0) is 34.2. The number of hydrogen-bond acceptors (Lipinski definition) is 5. The molecule has 0 saturated heterocycles. The van der Waals surface area contributed by atoms with Gasteiger partial charge in [-0.25, -0.2) is 25.1 Å². The second-order valence-corrected chi connectivity index (χ2v) is 10.0. The van der Waals surface area contributed by atoms with Crippen LogP contribution in [0.2, 0.25) is 0 Å². The summed E-state index contributed by atoms with van der Waals surface area (Å²) in [4.78, 5) is 10.3. The predicted octanol–water partition coefficient (Wildman–Crippen LogP) is 8.31. The van der Waals surface area contributed by atoms with Crippen LogP contribution in [0.15, 0.2) is 59.9 Å². The average molecular weight is 613 g/mol. The summed E-state index contributed by atoms with van der Waals surface area (Å²) in [6, 6.07) is 19.9. The molecular formula is C36H11F3N8. The normalized spacial score (nSPS) is 15.0. The summed E-state index contributed by atoms with van der Waals surface area (Å²) < 4.78 is 42.0. The van der Waals surface area contributed by atoms with Gasteiger partial charge in [0.2, 0.25) is 5.70 Å². The summed E-state index contributed by atoms with van der Waals surface area (Å²) in [6.45, 7) is 25.4. The van der Waals surface area contributed by atoms with Gasteiger partial charge in [-0.05, 0) is 64.1 Å². The third-order valence-electron chi connectivity index (χ3n) is 7.66. The van der Waals surface area contributed by atoms with Crippen LogP contribution in [0.3, 0.4) is 0 Å². The van der Waals surface area contributed by atoms with E-state index in [1.54, 1.807) is 30.3 Å². The lowest BCUT2D eigenvalue weighted by Gasteiger charge is -2.15. The minimum Gasteiger partial charge on any atom is -0.237 e. The topological polar surface area (TPSA) is 132 Å². The first-order valence-corrected chi connectivity index (χ1v) is 13.2. The fourth-order valence-corrected chi connectivity index (χ4v) is 5.76. The first kappa shape index (κ1) is 30.8. The maximum atomic E-state index is 14.0. The van der Waals surface area contributed by atoms with Gasteiger partial charge in [-0.1, -0.05) is 35.9 Å². The Morgan fingerprint density at radius 3 is 1.83 bits per heavy atom. The number of nitrogens with zero attached hydrogens (tertiary/aromatic N) is 8. The summed E-state index contributed by atoms with van der Waals surface area (Å²) in [5, 5.41) is 50.3. The molecule has 0 unspecified atom stereocenters. The molecule has 3 aromatic carbocycles. The molecule has 3 aromatic rings. The van der Waals surface area contributed by atoms with Crippen LogP contribution in [-0.2, 0) is 6.18 Å². The molecule has 5 rings (SSSR count). The summed E-state index contributed by atoms with van der Waals surface area (Å²) in [5.74, 6) is 0. The van der Waals surface area contributed by atoms with Gasteiger partial charge in [0, 0.05) is 16.7 Å². The van der Waals surface area contributed by atoms with Crippen molar-refractivity contribution in [3.05, 3.63) is 150 Å². The molecule has 0 radical (unpaired) electrons. The van der Waals surface area contributed by atoms with Crippen molar-refractivity contribution in [1.82, 2.24) is 0 Å². The van der Waals surface area contributed by atoms with Crippen molar-refractivity contribution in [2.24, 2.45) is 0 Å². The number of alkyl halides is 3. The van der Waals surface area contributed by atoms with E-state index < -0.39 is 28.7 Å². The number of benzene rings is 3. The summed E-state index contributed by atoms with van der Waals surface area (Å²) in [5.41, 5.74) is -3.12. The van der Waals surface area contributed by atoms with E-state index in [0.29, 0.717) is 11.6 Å². The van der Waals surface area contributed by atoms with E-state index in [4.69, 9.17) is 19.7 Å². The lowest BCUT2D eigenvalue weighted by atomic mass is 9.87. The van der Waals surface area contributed by atoms with Gasteiger partial charge >= 0.3 is 6.18 Å². The van der Waals surface area contributed by atoms with E-state index in [2.05, 4.69) is 14.5 Å². The van der Waals surface area contributed by atoms with Gasteiger partial charge in [0.05, 0.1) is 66.3 Å². The first-order chi connectivity index (χ1) is 22.5. The van der Waals surface area contributed by atoms with Crippen LogP contribution in [-0.4, -0.2) is 0 Å². The van der Waals surface area contributed by atoms with Crippen molar-refractivity contribution >= 4 is 33.6 Å². The van der Waals surface area contributed by atoms with Crippen molar-refractivity contribution in [3.8, 4) is 30.3 Å². The Balaban J connectivity index is 2.01. The SMILES string of the molecule is [C-]#[N+]C1=C(c2ccc(C)cc2)/C(=C(/C#N)[N+]#[C-])c2cc3c(c(C#N)c21)/C(=C(/C#N)[N+]#[C-])C(c1ccc(C#N)c(C(F)(F)F)c1)=C3C#N. The highest BCUT2D eigenvalue weighted by molar-refractivity contribution is 6.30. The number of fused-ring (bicyclic) bond motifs is 2. The quantitative estimate of drug-likeness (QED) is 0.212. The highest BCUT2D eigenvalue weighted by Crippen LogP contribution is 2.57. The van der Waals surface area contributed by atoms with Gasteiger partial charge in [0.25, 0.3) is 11.4 Å². The van der Waals surface area contributed by atoms with E-state index in [-0.39, 0.29) is 66.9 Å². The molecule has 0 spiro atoms. The third kappa shape index (κ3) is 4.56. The number of nitriles is 5. The molecule has 47 heavy (non-hydrogen) atoms. The molecule has 0 fully saturated rings. The van der Waals surface area contributed by atoms with Crippen LogP contribution in [0.4, 0.5) is 13.2 Å². The van der Waals surface area contributed by atoms with E-state index in [0.717, 1.165) is 17.7 Å². The molecular weight excluding hydrogens is 601 g/mol. The summed E-state index contributed by atoms with van der Waals surface area (Å²) in [6.07, 6.45) is -4.98.